The van der Waals surface area contributed by atoms with E-state index in [0.717, 1.165) is 10.2 Å². The summed E-state index contributed by atoms with van der Waals surface area (Å²) in [6.45, 7) is 2.11. The molecule has 0 saturated heterocycles. The SMILES string of the molecule is CCOC(=O)c1csc(-c2ncccc2Br)n1. The van der Waals surface area contributed by atoms with Crippen molar-refractivity contribution in [2.75, 3.05) is 6.61 Å². The van der Waals surface area contributed by atoms with Crippen LogP contribution >= 0.6 is 27.3 Å². The van der Waals surface area contributed by atoms with E-state index in [4.69, 9.17) is 4.74 Å². The smallest absolute Gasteiger partial charge is 0.357 e. The molecule has 6 heteroatoms. The second kappa shape index (κ2) is 5.37. The van der Waals surface area contributed by atoms with Crippen LogP contribution in [0.15, 0.2) is 28.2 Å². The van der Waals surface area contributed by atoms with Crippen molar-refractivity contribution in [3.8, 4) is 10.7 Å². The first-order valence-electron chi connectivity index (χ1n) is 4.96. The van der Waals surface area contributed by atoms with Gasteiger partial charge in [-0.25, -0.2) is 9.78 Å². The van der Waals surface area contributed by atoms with E-state index in [0.29, 0.717) is 17.3 Å². The van der Waals surface area contributed by atoms with Gasteiger partial charge in [0.15, 0.2) is 5.69 Å². The van der Waals surface area contributed by atoms with Crippen LogP contribution in [0.2, 0.25) is 0 Å². The Morgan fingerprint density at radius 3 is 3.12 bits per heavy atom. The van der Waals surface area contributed by atoms with Gasteiger partial charge in [-0.2, -0.15) is 0 Å². The predicted octanol–water partition coefficient (Wildman–Crippen LogP) is 3.14. The molecule has 2 aromatic rings. The van der Waals surface area contributed by atoms with Crippen LogP contribution in [0.5, 0.6) is 0 Å². The highest BCUT2D eigenvalue weighted by molar-refractivity contribution is 9.10. The molecule has 2 heterocycles. The zero-order valence-corrected chi connectivity index (χ0v) is 11.4. The number of nitrogens with zero attached hydrogens (tertiary/aromatic N) is 2. The van der Waals surface area contributed by atoms with Crippen LogP contribution < -0.4 is 0 Å². The van der Waals surface area contributed by atoms with E-state index in [1.807, 2.05) is 12.1 Å². The number of pyridine rings is 1. The molecule has 0 radical (unpaired) electrons. The number of rotatable bonds is 3. The molecule has 0 aliphatic heterocycles. The predicted molar refractivity (Wildman–Crippen MR) is 69.0 cm³/mol. The Morgan fingerprint density at radius 1 is 1.59 bits per heavy atom. The highest BCUT2D eigenvalue weighted by Gasteiger charge is 2.14. The summed E-state index contributed by atoms with van der Waals surface area (Å²) in [5.74, 6) is -0.401. The fourth-order valence-corrected chi connectivity index (χ4v) is 2.60. The molecule has 0 aliphatic carbocycles. The standard InChI is InChI=1S/C11H9BrN2O2S/c1-2-16-11(15)8-6-17-10(14-8)9-7(12)4-3-5-13-9/h3-6H,2H2,1H3. The van der Waals surface area contributed by atoms with Crippen molar-refractivity contribution in [3.05, 3.63) is 33.9 Å². The zero-order valence-electron chi connectivity index (χ0n) is 9.01. The molecule has 0 aliphatic rings. The van der Waals surface area contributed by atoms with E-state index in [-0.39, 0.29) is 0 Å². The number of aromatic nitrogens is 2. The molecule has 0 fully saturated rings. The van der Waals surface area contributed by atoms with Crippen LogP contribution in [0.1, 0.15) is 17.4 Å². The third kappa shape index (κ3) is 2.70. The molecule has 0 atom stereocenters. The molecule has 0 aromatic carbocycles. The fraction of sp³-hybridized carbons (Fsp3) is 0.182. The number of carbonyl (C=O) groups excluding carboxylic acids is 1. The summed E-state index contributed by atoms with van der Waals surface area (Å²) in [7, 11) is 0. The molecular weight excluding hydrogens is 304 g/mol. The average Bonchev–Trinajstić information content (AvgIpc) is 2.79. The van der Waals surface area contributed by atoms with Crippen LogP contribution in [0.3, 0.4) is 0 Å². The van der Waals surface area contributed by atoms with Gasteiger partial charge in [-0.15, -0.1) is 11.3 Å². The second-order valence-electron chi connectivity index (χ2n) is 3.09. The number of carbonyl (C=O) groups is 1. The molecule has 17 heavy (non-hydrogen) atoms. The highest BCUT2D eigenvalue weighted by atomic mass is 79.9. The molecule has 0 bridgehead atoms. The van der Waals surface area contributed by atoms with Crippen molar-refractivity contribution < 1.29 is 9.53 Å². The quantitative estimate of drug-likeness (QED) is 0.817. The van der Waals surface area contributed by atoms with E-state index in [2.05, 4.69) is 25.9 Å². The number of ether oxygens (including phenoxy) is 1. The molecule has 0 spiro atoms. The molecule has 0 amide bonds. The topological polar surface area (TPSA) is 52.1 Å². The summed E-state index contributed by atoms with van der Waals surface area (Å²) in [4.78, 5) is 19.9. The maximum atomic E-state index is 11.5. The van der Waals surface area contributed by atoms with Crippen molar-refractivity contribution in [1.29, 1.82) is 0 Å². The Balaban J connectivity index is 2.30. The van der Waals surface area contributed by atoms with E-state index in [1.165, 1.54) is 11.3 Å². The highest BCUT2D eigenvalue weighted by Crippen LogP contribution is 2.28. The monoisotopic (exact) mass is 312 g/mol. The first kappa shape index (κ1) is 12.2. The number of esters is 1. The van der Waals surface area contributed by atoms with Crippen LogP contribution in [-0.2, 0) is 4.74 Å². The number of thiazole rings is 1. The molecule has 0 N–H and O–H groups in total. The Morgan fingerprint density at radius 2 is 2.41 bits per heavy atom. The second-order valence-corrected chi connectivity index (χ2v) is 4.80. The summed E-state index contributed by atoms with van der Waals surface area (Å²) in [5, 5.41) is 2.37. The Labute approximate surface area is 111 Å². The van der Waals surface area contributed by atoms with Crippen molar-refractivity contribution in [1.82, 2.24) is 9.97 Å². The third-order valence-corrected chi connectivity index (χ3v) is 3.44. The summed E-state index contributed by atoms with van der Waals surface area (Å²) >= 11 is 4.76. The molecular formula is C11H9BrN2O2S. The third-order valence-electron chi connectivity index (χ3n) is 1.95. The van der Waals surface area contributed by atoms with Gasteiger partial charge < -0.3 is 4.74 Å². The minimum absolute atomic E-state index is 0.324. The van der Waals surface area contributed by atoms with Crippen molar-refractivity contribution in [2.45, 2.75) is 6.92 Å². The maximum Gasteiger partial charge on any atom is 0.357 e. The number of hydrogen-bond acceptors (Lipinski definition) is 5. The zero-order chi connectivity index (χ0) is 12.3. The maximum absolute atomic E-state index is 11.5. The van der Waals surface area contributed by atoms with Gasteiger partial charge in [0.25, 0.3) is 0 Å². The molecule has 0 saturated carbocycles. The van der Waals surface area contributed by atoms with Gasteiger partial charge in [-0.3, -0.25) is 4.98 Å². The Kier molecular flexibility index (Phi) is 3.86. The van der Waals surface area contributed by atoms with Gasteiger partial charge in [-0.05, 0) is 35.0 Å². The first-order valence-corrected chi connectivity index (χ1v) is 6.63. The van der Waals surface area contributed by atoms with Gasteiger partial charge in [-0.1, -0.05) is 0 Å². The molecule has 0 unspecified atom stereocenters. The molecule has 88 valence electrons. The lowest BCUT2D eigenvalue weighted by Crippen LogP contribution is -2.04. The van der Waals surface area contributed by atoms with Crippen LogP contribution in [0, 0.1) is 0 Å². The van der Waals surface area contributed by atoms with Gasteiger partial charge >= 0.3 is 5.97 Å². The molecule has 2 aromatic heterocycles. The average molecular weight is 313 g/mol. The van der Waals surface area contributed by atoms with Crippen LogP contribution in [0.4, 0.5) is 0 Å². The summed E-state index contributed by atoms with van der Waals surface area (Å²) in [5.41, 5.74) is 1.05. The lowest BCUT2D eigenvalue weighted by Gasteiger charge is -1.98. The van der Waals surface area contributed by atoms with Gasteiger partial charge in [0.05, 0.1) is 6.61 Å². The van der Waals surface area contributed by atoms with Crippen LogP contribution in [0.25, 0.3) is 10.7 Å². The van der Waals surface area contributed by atoms with Gasteiger partial charge in [0, 0.05) is 16.0 Å². The van der Waals surface area contributed by atoms with E-state index < -0.39 is 5.97 Å². The summed E-state index contributed by atoms with van der Waals surface area (Å²) < 4.78 is 5.73. The van der Waals surface area contributed by atoms with Crippen molar-refractivity contribution in [2.24, 2.45) is 0 Å². The minimum Gasteiger partial charge on any atom is -0.461 e. The summed E-state index contributed by atoms with van der Waals surface area (Å²) in [6.07, 6.45) is 1.69. The summed E-state index contributed by atoms with van der Waals surface area (Å²) in [6, 6.07) is 3.71. The number of halogens is 1. The Bertz CT molecular complexity index is 542. The lowest BCUT2D eigenvalue weighted by atomic mass is 10.3. The van der Waals surface area contributed by atoms with E-state index in [9.17, 15) is 4.79 Å². The first-order chi connectivity index (χ1) is 8.22. The molecule has 4 nitrogen and oxygen atoms in total. The van der Waals surface area contributed by atoms with Crippen LogP contribution in [-0.4, -0.2) is 22.5 Å². The largest absolute Gasteiger partial charge is 0.461 e. The van der Waals surface area contributed by atoms with E-state index >= 15 is 0 Å². The van der Waals surface area contributed by atoms with Gasteiger partial charge in [0.2, 0.25) is 0 Å². The minimum atomic E-state index is -0.401. The van der Waals surface area contributed by atoms with Crippen molar-refractivity contribution in [3.63, 3.8) is 0 Å². The normalized spacial score (nSPS) is 10.2. The van der Waals surface area contributed by atoms with E-state index in [1.54, 1.807) is 18.5 Å². The Hall–Kier alpha value is -1.27. The van der Waals surface area contributed by atoms with Crippen molar-refractivity contribution >= 4 is 33.2 Å². The molecule has 2 rings (SSSR count). The lowest BCUT2D eigenvalue weighted by molar-refractivity contribution is 0.0520. The number of hydrogen-bond donors (Lipinski definition) is 0. The van der Waals surface area contributed by atoms with Gasteiger partial charge in [0.1, 0.15) is 10.7 Å². The fourth-order valence-electron chi connectivity index (χ4n) is 1.22.